The maximum absolute atomic E-state index is 13.0. The van der Waals surface area contributed by atoms with E-state index in [0.29, 0.717) is 11.4 Å². The van der Waals surface area contributed by atoms with Gasteiger partial charge >= 0.3 is 0 Å². The van der Waals surface area contributed by atoms with E-state index in [-0.39, 0.29) is 29.5 Å². The Hall–Kier alpha value is -2.34. The molecule has 4 nitrogen and oxygen atoms in total. The molecule has 2 unspecified atom stereocenters. The zero-order valence-corrected chi connectivity index (χ0v) is 13.5. The topological polar surface area (TPSA) is 58.2 Å². The number of hydrogen-bond acceptors (Lipinski definition) is 3. The predicted octanol–water partition coefficient (Wildman–Crippen LogP) is 3.61. The highest BCUT2D eigenvalue weighted by Gasteiger charge is 2.43. The molecule has 1 heterocycles. The number of benzene rings is 2. The molecule has 0 bridgehead atoms. The van der Waals surface area contributed by atoms with E-state index < -0.39 is 0 Å². The first kappa shape index (κ1) is 15.2. The molecule has 1 saturated carbocycles. The van der Waals surface area contributed by atoms with Crippen LogP contribution < -0.4 is 10.6 Å². The van der Waals surface area contributed by atoms with Crippen LogP contribution in [0.2, 0.25) is 0 Å². The number of halogens is 1. The van der Waals surface area contributed by atoms with Crippen molar-refractivity contribution >= 4 is 35.0 Å². The Morgan fingerprint density at radius 1 is 1.21 bits per heavy atom. The molecule has 24 heavy (non-hydrogen) atoms. The molecule has 1 fully saturated rings. The number of anilines is 2. The molecule has 4 rings (SSSR count). The zero-order valence-electron chi connectivity index (χ0n) is 12.7. The maximum Gasteiger partial charge on any atom is 0.234 e. The molecule has 1 aliphatic carbocycles. The third-order valence-electron chi connectivity index (χ3n) is 4.31. The number of thioether (sulfide) groups is 1. The van der Waals surface area contributed by atoms with Crippen molar-refractivity contribution in [2.45, 2.75) is 17.2 Å². The molecule has 0 saturated heterocycles. The van der Waals surface area contributed by atoms with Crippen molar-refractivity contribution in [2.24, 2.45) is 5.92 Å². The molecule has 2 N–H and O–H groups in total. The summed E-state index contributed by atoms with van der Waals surface area (Å²) in [4.78, 5) is 24.8. The first-order chi connectivity index (χ1) is 11.6. The van der Waals surface area contributed by atoms with Crippen molar-refractivity contribution in [1.29, 1.82) is 0 Å². The fraction of sp³-hybridized carbons (Fsp3) is 0.222. The van der Waals surface area contributed by atoms with E-state index in [4.69, 9.17) is 0 Å². The molecular formula is C18H15FN2O2S. The average molecular weight is 342 g/mol. The summed E-state index contributed by atoms with van der Waals surface area (Å²) in [5.74, 6) is 0.136. The Morgan fingerprint density at radius 3 is 2.79 bits per heavy atom. The standard InChI is InChI=1S/C18H15FN2O2S/c19-11-3-1-10(2-4-11)13-8-14(13)18(23)20-12-5-6-16-15(7-12)21-17(22)9-24-16/h1-7,13-14H,8-9H2,(H,20,23)(H,21,22). The summed E-state index contributed by atoms with van der Waals surface area (Å²) in [5.41, 5.74) is 2.40. The van der Waals surface area contributed by atoms with Crippen molar-refractivity contribution in [3.8, 4) is 0 Å². The molecule has 0 spiro atoms. The highest BCUT2D eigenvalue weighted by molar-refractivity contribution is 8.00. The Balaban J connectivity index is 1.43. The first-order valence-corrected chi connectivity index (χ1v) is 8.72. The van der Waals surface area contributed by atoms with E-state index in [2.05, 4.69) is 10.6 Å². The fourth-order valence-corrected chi connectivity index (χ4v) is 3.75. The summed E-state index contributed by atoms with van der Waals surface area (Å²) in [5, 5.41) is 5.72. The lowest BCUT2D eigenvalue weighted by Crippen LogP contribution is -2.19. The number of rotatable bonds is 3. The molecule has 2 aromatic rings. The second kappa shape index (κ2) is 5.94. The second-order valence-electron chi connectivity index (χ2n) is 6.04. The predicted molar refractivity (Wildman–Crippen MR) is 91.7 cm³/mol. The van der Waals surface area contributed by atoms with Gasteiger partial charge in [0.1, 0.15) is 5.82 Å². The summed E-state index contributed by atoms with van der Waals surface area (Å²) >= 11 is 1.49. The first-order valence-electron chi connectivity index (χ1n) is 7.73. The van der Waals surface area contributed by atoms with Crippen LogP contribution in [-0.4, -0.2) is 17.6 Å². The minimum absolute atomic E-state index is 0.0328. The molecule has 0 radical (unpaired) electrons. The van der Waals surface area contributed by atoms with Gasteiger partial charge in [-0.05, 0) is 48.2 Å². The van der Waals surface area contributed by atoms with Crippen LogP contribution in [0.1, 0.15) is 17.9 Å². The Labute approximate surface area is 142 Å². The molecule has 2 aromatic carbocycles. The van der Waals surface area contributed by atoms with Crippen LogP contribution in [0.25, 0.3) is 0 Å². The molecule has 2 aliphatic rings. The molecule has 2 atom stereocenters. The molecule has 0 aromatic heterocycles. The van der Waals surface area contributed by atoms with E-state index in [1.807, 2.05) is 12.1 Å². The van der Waals surface area contributed by atoms with Crippen LogP contribution in [0.5, 0.6) is 0 Å². The van der Waals surface area contributed by atoms with Crippen molar-refractivity contribution < 1.29 is 14.0 Å². The summed E-state index contributed by atoms with van der Waals surface area (Å²) in [7, 11) is 0. The number of carbonyl (C=O) groups excluding carboxylic acids is 2. The Bertz CT molecular complexity index is 822. The minimum Gasteiger partial charge on any atom is -0.326 e. The van der Waals surface area contributed by atoms with Crippen molar-refractivity contribution in [3.05, 3.63) is 53.8 Å². The molecule has 2 amide bonds. The van der Waals surface area contributed by atoms with E-state index in [1.165, 1.54) is 23.9 Å². The van der Waals surface area contributed by atoms with E-state index in [1.54, 1.807) is 18.2 Å². The fourth-order valence-electron chi connectivity index (χ4n) is 2.96. The van der Waals surface area contributed by atoms with Gasteiger partial charge in [-0.3, -0.25) is 9.59 Å². The Morgan fingerprint density at radius 2 is 2.00 bits per heavy atom. The van der Waals surface area contributed by atoms with Gasteiger partial charge in [0.05, 0.1) is 11.4 Å². The molecule has 6 heteroatoms. The van der Waals surface area contributed by atoms with Crippen LogP contribution in [0.3, 0.4) is 0 Å². The van der Waals surface area contributed by atoms with Crippen LogP contribution in [-0.2, 0) is 9.59 Å². The molecule has 122 valence electrons. The molecular weight excluding hydrogens is 327 g/mol. The third-order valence-corrected chi connectivity index (χ3v) is 5.38. The van der Waals surface area contributed by atoms with Crippen LogP contribution in [0, 0.1) is 11.7 Å². The number of amides is 2. The molecule has 1 aliphatic heterocycles. The summed E-state index contributed by atoms with van der Waals surface area (Å²) in [6.07, 6.45) is 0.773. The third kappa shape index (κ3) is 3.01. The summed E-state index contributed by atoms with van der Waals surface area (Å²) < 4.78 is 13.0. The van der Waals surface area contributed by atoms with Gasteiger partial charge in [0.15, 0.2) is 0 Å². The minimum atomic E-state index is -0.269. The monoisotopic (exact) mass is 342 g/mol. The SMILES string of the molecule is O=C1CSc2ccc(NC(=O)C3CC3c3ccc(F)cc3)cc2N1. The highest BCUT2D eigenvalue weighted by atomic mass is 32.2. The number of nitrogens with one attached hydrogen (secondary N) is 2. The Kier molecular flexibility index (Phi) is 3.76. The number of fused-ring (bicyclic) bond motifs is 1. The highest BCUT2D eigenvalue weighted by Crippen LogP contribution is 2.48. The lowest BCUT2D eigenvalue weighted by molar-refractivity contribution is -0.117. The lowest BCUT2D eigenvalue weighted by Gasteiger charge is -2.17. The van der Waals surface area contributed by atoms with Crippen molar-refractivity contribution in [1.82, 2.24) is 0 Å². The van der Waals surface area contributed by atoms with Crippen molar-refractivity contribution in [3.63, 3.8) is 0 Å². The van der Waals surface area contributed by atoms with Gasteiger partial charge in [0.2, 0.25) is 11.8 Å². The average Bonchev–Trinajstić information content (AvgIpc) is 3.36. The van der Waals surface area contributed by atoms with Gasteiger partial charge in [-0.2, -0.15) is 0 Å². The van der Waals surface area contributed by atoms with E-state index >= 15 is 0 Å². The van der Waals surface area contributed by atoms with Gasteiger partial charge in [0.25, 0.3) is 0 Å². The largest absolute Gasteiger partial charge is 0.326 e. The van der Waals surface area contributed by atoms with Gasteiger partial charge < -0.3 is 10.6 Å². The lowest BCUT2D eigenvalue weighted by atomic mass is 10.1. The quantitative estimate of drug-likeness (QED) is 0.896. The van der Waals surface area contributed by atoms with E-state index in [0.717, 1.165) is 22.6 Å². The summed E-state index contributed by atoms with van der Waals surface area (Å²) in [6, 6.07) is 11.8. The van der Waals surface area contributed by atoms with E-state index in [9.17, 15) is 14.0 Å². The van der Waals surface area contributed by atoms with Gasteiger partial charge in [-0.1, -0.05) is 12.1 Å². The van der Waals surface area contributed by atoms with Gasteiger partial charge in [-0.25, -0.2) is 4.39 Å². The maximum atomic E-state index is 13.0. The van der Waals surface area contributed by atoms with Crippen LogP contribution in [0.15, 0.2) is 47.4 Å². The van der Waals surface area contributed by atoms with Gasteiger partial charge in [-0.15, -0.1) is 11.8 Å². The normalized spacial score (nSPS) is 21.6. The zero-order chi connectivity index (χ0) is 16.7. The van der Waals surface area contributed by atoms with Crippen LogP contribution in [0.4, 0.5) is 15.8 Å². The summed E-state index contributed by atoms with van der Waals surface area (Å²) in [6.45, 7) is 0. The second-order valence-corrected chi connectivity index (χ2v) is 7.05. The van der Waals surface area contributed by atoms with Crippen LogP contribution >= 0.6 is 11.8 Å². The number of carbonyl (C=O) groups is 2. The van der Waals surface area contributed by atoms with Crippen molar-refractivity contribution in [2.75, 3.05) is 16.4 Å². The number of hydrogen-bond donors (Lipinski definition) is 2. The van der Waals surface area contributed by atoms with Gasteiger partial charge in [0, 0.05) is 16.5 Å². The smallest absolute Gasteiger partial charge is 0.234 e.